The molecule has 0 atom stereocenters. The predicted octanol–water partition coefficient (Wildman–Crippen LogP) is 4.12. The first kappa shape index (κ1) is 16.2. The molecule has 0 saturated carbocycles. The van der Waals surface area contributed by atoms with Crippen LogP contribution in [0.2, 0.25) is 0 Å². The van der Waals surface area contributed by atoms with Crippen LogP contribution in [0.1, 0.15) is 41.7 Å². The Bertz CT molecular complexity index is 794. The lowest BCUT2D eigenvalue weighted by Gasteiger charge is -2.06. The van der Waals surface area contributed by atoms with Crippen LogP contribution >= 0.6 is 11.5 Å². The number of amides is 1. The number of carbonyl (C=O) groups excluding carboxylic acids is 1. The number of nitrogens with one attached hydrogen (secondary N) is 2. The van der Waals surface area contributed by atoms with Crippen molar-refractivity contribution in [1.82, 2.24) is 9.36 Å². The smallest absolute Gasteiger partial charge is 0.291 e. The van der Waals surface area contributed by atoms with E-state index < -0.39 is 0 Å². The van der Waals surface area contributed by atoms with Crippen LogP contribution in [0.4, 0.5) is 10.8 Å². The number of carbonyl (C=O) groups is 1. The summed E-state index contributed by atoms with van der Waals surface area (Å²) in [4.78, 5) is 16.3. The maximum Gasteiger partial charge on any atom is 0.291 e. The maximum atomic E-state index is 11.9. The summed E-state index contributed by atoms with van der Waals surface area (Å²) in [5, 5.41) is 6.86. The molecule has 2 aromatic heterocycles. The highest BCUT2D eigenvalue weighted by Crippen LogP contribution is 2.18. The monoisotopic (exact) mass is 342 g/mol. The second kappa shape index (κ2) is 7.27. The number of anilines is 2. The number of nitrogens with zero attached hydrogens (tertiary/aromatic N) is 2. The topological polar surface area (TPSA) is 80.0 Å². The van der Waals surface area contributed by atoms with Gasteiger partial charge in [0.1, 0.15) is 5.82 Å². The van der Waals surface area contributed by atoms with Crippen molar-refractivity contribution >= 4 is 28.3 Å². The Morgan fingerprint density at radius 2 is 2.04 bits per heavy atom. The van der Waals surface area contributed by atoms with Gasteiger partial charge in [-0.1, -0.05) is 26.0 Å². The van der Waals surface area contributed by atoms with E-state index in [0.29, 0.717) is 12.5 Å². The van der Waals surface area contributed by atoms with Crippen LogP contribution in [0.5, 0.6) is 0 Å². The fourth-order valence-electron chi connectivity index (χ4n) is 2.03. The van der Waals surface area contributed by atoms with Crippen molar-refractivity contribution in [3.05, 3.63) is 59.8 Å². The molecule has 0 aliphatic carbocycles. The number of aromatic nitrogens is 2. The molecule has 2 heterocycles. The summed E-state index contributed by atoms with van der Waals surface area (Å²) in [7, 11) is 0. The zero-order chi connectivity index (χ0) is 16.9. The van der Waals surface area contributed by atoms with Crippen LogP contribution < -0.4 is 10.6 Å². The highest BCUT2D eigenvalue weighted by Gasteiger charge is 2.09. The first-order chi connectivity index (χ1) is 11.6. The number of furan rings is 1. The molecule has 2 N–H and O–H groups in total. The maximum absolute atomic E-state index is 11.9. The van der Waals surface area contributed by atoms with Gasteiger partial charge in [0.25, 0.3) is 5.91 Å². The van der Waals surface area contributed by atoms with Crippen molar-refractivity contribution < 1.29 is 9.21 Å². The second-order valence-electron chi connectivity index (χ2n) is 5.59. The SMILES string of the molecule is CC(C)c1nsc(NCc2ccc(NC(=O)c3ccco3)cc2)n1. The summed E-state index contributed by atoms with van der Waals surface area (Å²) < 4.78 is 9.37. The summed E-state index contributed by atoms with van der Waals surface area (Å²) in [5.74, 6) is 1.21. The van der Waals surface area contributed by atoms with Crippen molar-refractivity contribution in [3.63, 3.8) is 0 Å². The molecule has 0 unspecified atom stereocenters. The predicted molar refractivity (Wildman–Crippen MR) is 94.4 cm³/mol. The zero-order valence-electron chi connectivity index (χ0n) is 13.4. The van der Waals surface area contributed by atoms with Crippen LogP contribution in [0.3, 0.4) is 0 Å². The quantitative estimate of drug-likeness (QED) is 0.704. The van der Waals surface area contributed by atoms with Crippen LogP contribution in [-0.4, -0.2) is 15.3 Å². The fraction of sp³-hybridized carbons (Fsp3) is 0.235. The van der Waals surface area contributed by atoms with Crippen LogP contribution in [0.25, 0.3) is 0 Å². The van der Waals surface area contributed by atoms with E-state index in [-0.39, 0.29) is 11.7 Å². The molecule has 7 heteroatoms. The minimum atomic E-state index is -0.263. The standard InChI is InChI=1S/C17H18N4O2S/c1-11(2)15-20-17(24-21-15)18-10-12-5-7-13(8-6-12)19-16(22)14-4-3-9-23-14/h3-9,11H,10H2,1-2H3,(H,19,22)(H,18,20,21). The first-order valence-corrected chi connectivity index (χ1v) is 8.40. The van der Waals surface area contributed by atoms with Gasteiger partial charge in [-0.2, -0.15) is 4.37 Å². The lowest BCUT2D eigenvalue weighted by atomic mass is 10.2. The summed E-state index contributed by atoms with van der Waals surface area (Å²) in [6.45, 7) is 4.79. The van der Waals surface area contributed by atoms with E-state index in [4.69, 9.17) is 4.42 Å². The molecule has 1 aromatic carbocycles. The first-order valence-electron chi connectivity index (χ1n) is 7.63. The zero-order valence-corrected chi connectivity index (χ0v) is 14.3. The van der Waals surface area contributed by atoms with Gasteiger partial charge in [-0.3, -0.25) is 4.79 Å². The van der Waals surface area contributed by atoms with E-state index in [1.54, 1.807) is 12.1 Å². The minimum absolute atomic E-state index is 0.263. The molecule has 0 radical (unpaired) electrons. The van der Waals surface area contributed by atoms with E-state index in [1.165, 1.54) is 17.8 Å². The molecule has 3 rings (SSSR count). The lowest BCUT2D eigenvalue weighted by Crippen LogP contribution is -2.10. The molecule has 0 aliphatic rings. The molecule has 0 fully saturated rings. The molecule has 1 amide bonds. The van der Waals surface area contributed by atoms with Gasteiger partial charge in [-0.15, -0.1) is 0 Å². The molecule has 124 valence electrons. The van der Waals surface area contributed by atoms with Gasteiger partial charge in [0.15, 0.2) is 5.76 Å². The van der Waals surface area contributed by atoms with Gasteiger partial charge in [0.05, 0.1) is 6.26 Å². The van der Waals surface area contributed by atoms with E-state index in [9.17, 15) is 4.79 Å². The lowest BCUT2D eigenvalue weighted by molar-refractivity contribution is 0.0996. The third-order valence-electron chi connectivity index (χ3n) is 3.36. The number of hydrogen-bond donors (Lipinski definition) is 2. The van der Waals surface area contributed by atoms with E-state index in [2.05, 4.69) is 33.8 Å². The number of hydrogen-bond acceptors (Lipinski definition) is 6. The minimum Gasteiger partial charge on any atom is -0.459 e. The molecule has 0 aliphatic heterocycles. The number of rotatable bonds is 6. The summed E-state index contributed by atoms with van der Waals surface area (Å²) in [5.41, 5.74) is 1.81. The summed E-state index contributed by atoms with van der Waals surface area (Å²) in [6, 6.07) is 10.9. The van der Waals surface area contributed by atoms with Crippen molar-refractivity contribution in [1.29, 1.82) is 0 Å². The normalized spacial score (nSPS) is 10.8. The van der Waals surface area contributed by atoms with Crippen molar-refractivity contribution in [2.24, 2.45) is 0 Å². The van der Waals surface area contributed by atoms with Gasteiger partial charge in [0.2, 0.25) is 5.13 Å². The van der Waals surface area contributed by atoms with Gasteiger partial charge >= 0.3 is 0 Å². The van der Waals surface area contributed by atoms with Crippen molar-refractivity contribution in [3.8, 4) is 0 Å². The molecule has 0 spiro atoms. The third-order valence-corrected chi connectivity index (χ3v) is 4.05. The Hall–Kier alpha value is -2.67. The largest absolute Gasteiger partial charge is 0.459 e. The summed E-state index contributed by atoms with van der Waals surface area (Å²) >= 11 is 1.37. The number of benzene rings is 1. The van der Waals surface area contributed by atoms with Crippen molar-refractivity contribution in [2.45, 2.75) is 26.3 Å². The van der Waals surface area contributed by atoms with Crippen molar-refractivity contribution in [2.75, 3.05) is 10.6 Å². The van der Waals surface area contributed by atoms with Crippen LogP contribution in [0.15, 0.2) is 47.1 Å². The van der Waals surface area contributed by atoms with Gasteiger partial charge in [0, 0.05) is 29.7 Å². The fourth-order valence-corrected chi connectivity index (χ4v) is 2.73. The molecule has 3 aromatic rings. The van der Waals surface area contributed by atoms with E-state index in [0.717, 1.165) is 22.2 Å². The third kappa shape index (κ3) is 3.99. The Kier molecular flexibility index (Phi) is 4.90. The molecular formula is C17H18N4O2S. The highest BCUT2D eigenvalue weighted by molar-refractivity contribution is 7.09. The Balaban J connectivity index is 1.55. The van der Waals surface area contributed by atoms with Crippen LogP contribution in [0, 0.1) is 0 Å². The van der Waals surface area contributed by atoms with Gasteiger partial charge in [-0.25, -0.2) is 4.98 Å². The molecule has 0 saturated heterocycles. The van der Waals surface area contributed by atoms with E-state index >= 15 is 0 Å². The molecule has 0 bridgehead atoms. The van der Waals surface area contributed by atoms with Gasteiger partial charge < -0.3 is 15.1 Å². The average Bonchev–Trinajstić information content (AvgIpc) is 3.26. The molecule has 24 heavy (non-hydrogen) atoms. The molecule has 6 nitrogen and oxygen atoms in total. The Labute approximate surface area is 144 Å². The Morgan fingerprint density at radius 3 is 2.67 bits per heavy atom. The van der Waals surface area contributed by atoms with Crippen LogP contribution in [-0.2, 0) is 6.54 Å². The second-order valence-corrected chi connectivity index (χ2v) is 6.35. The molecular weight excluding hydrogens is 324 g/mol. The average molecular weight is 342 g/mol. The van der Waals surface area contributed by atoms with E-state index in [1.807, 2.05) is 24.3 Å². The van der Waals surface area contributed by atoms with Gasteiger partial charge in [-0.05, 0) is 29.8 Å². The Morgan fingerprint density at radius 1 is 1.25 bits per heavy atom. The highest BCUT2D eigenvalue weighted by atomic mass is 32.1. The summed E-state index contributed by atoms with van der Waals surface area (Å²) in [6.07, 6.45) is 1.47.